The van der Waals surface area contributed by atoms with E-state index in [1.54, 1.807) is 14.2 Å². The van der Waals surface area contributed by atoms with Gasteiger partial charge in [0.05, 0.1) is 24.1 Å². The van der Waals surface area contributed by atoms with E-state index in [1.807, 2.05) is 36.1 Å². The molecular formula is C17H21ClN4O2. The van der Waals surface area contributed by atoms with Crippen LogP contribution >= 0.6 is 11.6 Å². The van der Waals surface area contributed by atoms with Gasteiger partial charge in [-0.15, -0.1) is 0 Å². The van der Waals surface area contributed by atoms with E-state index in [9.17, 15) is 4.79 Å². The summed E-state index contributed by atoms with van der Waals surface area (Å²) in [6.45, 7) is 4.60. The van der Waals surface area contributed by atoms with E-state index in [4.69, 9.17) is 16.3 Å². The number of methoxy groups -OCH3 is 1. The van der Waals surface area contributed by atoms with E-state index < -0.39 is 0 Å². The molecule has 1 fully saturated rings. The fourth-order valence-electron chi connectivity index (χ4n) is 3.07. The van der Waals surface area contributed by atoms with Crippen LogP contribution in [0.5, 0.6) is 5.75 Å². The Morgan fingerprint density at radius 2 is 1.88 bits per heavy atom. The zero-order valence-corrected chi connectivity index (χ0v) is 14.9. The quantitative estimate of drug-likeness (QED) is 0.854. The number of nitrogens with zero attached hydrogens (tertiary/aromatic N) is 4. The summed E-state index contributed by atoms with van der Waals surface area (Å²) in [6.07, 6.45) is 0. The van der Waals surface area contributed by atoms with Gasteiger partial charge in [-0.1, -0.05) is 23.7 Å². The van der Waals surface area contributed by atoms with Crippen molar-refractivity contribution < 1.29 is 9.53 Å². The lowest BCUT2D eigenvalue weighted by molar-refractivity contribution is 0.0746. The molecule has 1 aliphatic heterocycles. The van der Waals surface area contributed by atoms with Crippen molar-refractivity contribution in [1.82, 2.24) is 14.7 Å². The van der Waals surface area contributed by atoms with E-state index in [0.29, 0.717) is 29.5 Å². The fraction of sp³-hybridized carbons (Fsp3) is 0.412. The number of rotatable bonds is 3. The molecule has 7 heteroatoms. The molecule has 1 aliphatic rings. The Kier molecular flexibility index (Phi) is 4.66. The van der Waals surface area contributed by atoms with Crippen molar-refractivity contribution in [3.63, 3.8) is 0 Å². The van der Waals surface area contributed by atoms with Crippen molar-refractivity contribution >= 4 is 23.2 Å². The molecule has 1 aromatic heterocycles. The molecule has 0 bridgehead atoms. The van der Waals surface area contributed by atoms with Crippen molar-refractivity contribution in [3.8, 4) is 5.75 Å². The van der Waals surface area contributed by atoms with Crippen LogP contribution in [0.1, 0.15) is 16.1 Å². The Bertz CT molecular complexity index is 751. The first kappa shape index (κ1) is 16.6. The van der Waals surface area contributed by atoms with Gasteiger partial charge in [-0.3, -0.25) is 9.48 Å². The minimum atomic E-state index is -0.0507. The van der Waals surface area contributed by atoms with E-state index in [0.717, 1.165) is 24.5 Å². The number of halogens is 1. The van der Waals surface area contributed by atoms with Crippen molar-refractivity contribution in [2.45, 2.75) is 6.92 Å². The van der Waals surface area contributed by atoms with Gasteiger partial charge in [0.15, 0.2) is 0 Å². The minimum Gasteiger partial charge on any atom is -0.495 e. The Balaban J connectivity index is 1.72. The van der Waals surface area contributed by atoms with Crippen LogP contribution in [-0.2, 0) is 7.05 Å². The van der Waals surface area contributed by atoms with Crippen LogP contribution in [0.25, 0.3) is 0 Å². The first-order chi connectivity index (χ1) is 11.5. The number of para-hydroxylation sites is 2. The van der Waals surface area contributed by atoms with E-state index in [-0.39, 0.29) is 5.91 Å². The maximum absolute atomic E-state index is 12.8. The SMILES string of the molecule is COc1ccccc1N1CCN(C(=O)c2c(C)nn(C)c2Cl)CC1. The lowest BCUT2D eigenvalue weighted by Gasteiger charge is -2.36. The van der Waals surface area contributed by atoms with Crippen molar-refractivity contribution in [2.24, 2.45) is 7.05 Å². The summed E-state index contributed by atoms with van der Waals surface area (Å²) in [5, 5.41) is 4.62. The third-order valence-corrected chi connectivity index (χ3v) is 4.79. The lowest BCUT2D eigenvalue weighted by Crippen LogP contribution is -2.49. The summed E-state index contributed by atoms with van der Waals surface area (Å²) >= 11 is 6.22. The smallest absolute Gasteiger partial charge is 0.259 e. The van der Waals surface area contributed by atoms with Gasteiger partial charge in [0.2, 0.25) is 0 Å². The topological polar surface area (TPSA) is 50.6 Å². The Morgan fingerprint density at radius 3 is 2.46 bits per heavy atom. The summed E-state index contributed by atoms with van der Waals surface area (Å²) in [4.78, 5) is 16.8. The first-order valence-corrected chi connectivity index (χ1v) is 8.27. The number of carbonyl (C=O) groups excluding carboxylic acids is 1. The molecule has 0 unspecified atom stereocenters. The maximum Gasteiger partial charge on any atom is 0.259 e. The molecule has 1 amide bonds. The zero-order chi connectivity index (χ0) is 17.3. The number of amides is 1. The second-order valence-electron chi connectivity index (χ2n) is 5.83. The van der Waals surface area contributed by atoms with Crippen LogP contribution in [0, 0.1) is 6.92 Å². The molecule has 3 rings (SSSR count). The van der Waals surface area contributed by atoms with Crippen LogP contribution in [0.3, 0.4) is 0 Å². The Morgan fingerprint density at radius 1 is 1.21 bits per heavy atom. The highest BCUT2D eigenvalue weighted by Gasteiger charge is 2.27. The van der Waals surface area contributed by atoms with Gasteiger partial charge in [0.25, 0.3) is 5.91 Å². The first-order valence-electron chi connectivity index (χ1n) is 7.89. The summed E-state index contributed by atoms with van der Waals surface area (Å²) in [6, 6.07) is 7.94. The zero-order valence-electron chi connectivity index (χ0n) is 14.1. The molecule has 1 aromatic carbocycles. The fourth-order valence-corrected chi connectivity index (χ4v) is 3.33. The number of hydrogen-bond donors (Lipinski definition) is 0. The van der Waals surface area contributed by atoms with Gasteiger partial charge >= 0.3 is 0 Å². The van der Waals surface area contributed by atoms with Gasteiger partial charge in [0.1, 0.15) is 10.9 Å². The molecule has 1 saturated heterocycles. The number of carbonyl (C=O) groups is 1. The number of aryl methyl sites for hydroxylation is 2. The average molecular weight is 349 g/mol. The molecule has 24 heavy (non-hydrogen) atoms. The Hall–Kier alpha value is -2.21. The van der Waals surface area contributed by atoms with E-state index in [2.05, 4.69) is 10.00 Å². The second-order valence-corrected chi connectivity index (χ2v) is 6.18. The third-order valence-electron chi connectivity index (χ3n) is 4.36. The van der Waals surface area contributed by atoms with E-state index in [1.165, 1.54) is 4.68 Å². The minimum absolute atomic E-state index is 0.0507. The third kappa shape index (κ3) is 2.94. The van der Waals surface area contributed by atoms with Crippen molar-refractivity contribution in [3.05, 3.63) is 40.7 Å². The van der Waals surface area contributed by atoms with Crippen LogP contribution < -0.4 is 9.64 Å². The number of anilines is 1. The van der Waals surface area contributed by atoms with E-state index >= 15 is 0 Å². The van der Waals surface area contributed by atoms with Crippen LogP contribution in [0.2, 0.25) is 5.15 Å². The van der Waals surface area contributed by atoms with Crippen LogP contribution in [0.4, 0.5) is 5.69 Å². The predicted molar refractivity (Wildman–Crippen MR) is 94.1 cm³/mol. The van der Waals surface area contributed by atoms with Crippen LogP contribution in [-0.4, -0.2) is 53.9 Å². The number of piperazine rings is 1. The van der Waals surface area contributed by atoms with Gasteiger partial charge in [0, 0.05) is 33.2 Å². The van der Waals surface area contributed by atoms with Gasteiger partial charge in [-0.25, -0.2) is 0 Å². The molecule has 0 saturated carbocycles. The second kappa shape index (κ2) is 6.73. The lowest BCUT2D eigenvalue weighted by atomic mass is 10.2. The van der Waals surface area contributed by atoms with Gasteiger partial charge in [-0.05, 0) is 19.1 Å². The summed E-state index contributed by atoms with van der Waals surface area (Å²) in [5.74, 6) is 0.800. The largest absolute Gasteiger partial charge is 0.495 e. The molecule has 0 spiro atoms. The van der Waals surface area contributed by atoms with Gasteiger partial charge < -0.3 is 14.5 Å². The molecule has 2 aromatic rings. The Labute approximate surface area is 146 Å². The normalized spacial score (nSPS) is 14.8. The molecular weight excluding hydrogens is 328 g/mol. The van der Waals surface area contributed by atoms with Crippen molar-refractivity contribution in [2.75, 3.05) is 38.2 Å². The number of aromatic nitrogens is 2. The predicted octanol–water partition coefficient (Wildman–Crippen LogP) is 2.35. The van der Waals surface area contributed by atoms with Gasteiger partial charge in [-0.2, -0.15) is 5.10 Å². The highest BCUT2D eigenvalue weighted by atomic mass is 35.5. The number of hydrogen-bond acceptors (Lipinski definition) is 4. The highest BCUT2D eigenvalue weighted by molar-refractivity contribution is 6.33. The molecule has 0 atom stereocenters. The van der Waals surface area contributed by atoms with Crippen molar-refractivity contribution in [1.29, 1.82) is 0 Å². The molecule has 0 N–H and O–H groups in total. The summed E-state index contributed by atoms with van der Waals surface area (Å²) < 4.78 is 6.96. The standard InChI is InChI=1S/C17H21ClN4O2/c1-12-15(16(18)20(2)19-12)17(23)22-10-8-21(9-11-22)13-6-4-5-7-14(13)24-3/h4-7H,8-11H2,1-3H3. The molecule has 6 nitrogen and oxygen atoms in total. The average Bonchev–Trinajstić information content (AvgIpc) is 2.86. The molecule has 0 radical (unpaired) electrons. The number of ether oxygens (including phenoxy) is 1. The monoisotopic (exact) mass is 348 g/mol. The van der Waals surface area contributed by atoms with Crippen LogP contribution in [0.15, 0.2) is 24.3 Å². The summed E-state index contributed by atoms with van der Waals surface area (Å²) in [7, 11) is 3.41. The molecule has 2 heterocycles. The molecule has 0 aliphatic carbocycles. The number of benzene rings is 1. The molecule has 128 valence electrons. The summed E-state index contributed by atoms with van der Waals surface area (Å²) in [5.41, 5.74) is 2.23. The maximum atomic E-state index is 12.8. The highest BCUT2D eigenvalue weighted by Crippen LogP contribution is 2.29.